The molecule has 2 atom stereocenters. The summed E-state index contributed by atoms with van der Waals surface area (Å²) in [5.74, 6) is 1.73. The third-order valence-electron chi connectivity index (χ3n) is 4.53. The largest absolute Gasteiger partial charge is 0.144 e. The summed E-state index contributed by atoms with van der Waals surface area (Å²) >= 11 is 0. The number of hydrogen-bond acceptors (Lipinski definition) is 0. The van der Waals surface area contributed by atoms with E-state index in [9.17, 15) is 0 Å². The Morgan fingerprint density at radius 2 is 2.06 bits per heavy atom. The summed E-state index contributed by atoms with van der Waals surface area (Å²) in [6.07, 6.45) is 11.4. The van der Waals surface area contributed by atoms with Crippen LogP contribution in [0.3, 0.4) is 0 Å². The van der Waals surface area contributed by atoms with Crippen LogP contribution in [0.25, 0.3) is 5.57 Å². The zero-order chi connectivity index (χ0) is 12.4. The zero-order valence-corrected chi connectivity index (χ0v) is 11.0. The molecule has 0 aromatic heterocycles. The molecule has 1 heteroatoms. The molecule has 18 heavy (non-hydrogen) atoms. The highest BCUT2D eigenvalue weighted by Crippen LogP contribution is 2.43. The van der Waals surface area contributed by atoms with Crippen molar-refractivity contribution in [3.05, 3.63) is 54.6 Å². The molecule has 0 N–H and O–H groups in total. The number of benzene rings is 1. The van der Waals surface area contributed by atoms with Gasteiger partial charge in [0.15, 0.2) is 0 Å². The summed E-state index contributed by atoms with van der Waals surface area (Å²) in [7, 11) is 0. The Labute approximate surface area is 111 Å². The summed E-state index contributed by atoms with van der Waals surface area (Å²) in [6, 6.07) is 10.9. The van der Waals surface area contributed by atoms with E-state index in [-0.39, 0.29) is 0 Å². The fourth-order valence-electron chi connectivity index (χ4n) is 3.88. The van der Waals surface area contributed by atoms with Gasteiger partial charge >= 0.3 is 0 Å². The molecule has 1 aromatic rings. The first kappa shape index (κ1) is 11.8. The summed E-state index contributed by atoms with van der Waals surface area (Å²) in [4.78, 5) is 0. The van der Waals surface area contributed by atoms with Crippen LogP contribution in [0.5, 0.6) is 0 Å². The minimum Gasteiger partial charge on any atom is -0.104 e. The molecule has 0 nitrogen and oxygen atoms in total. The van der Waals surface area contributed by atoms with Gasteiger partial charge in [0.1, 0.15) is 6.71 Å². The molecule has 3 rings (SSSR count). The predicted molar refractivity (Wildman–Crippen MR) is 81.0 cm³/mol. The van der Waals surface area contributed by atoms with Gasteiger partial charge in [0.2, 0.25) is 0 Å². The topological polar surface area (TPSA) is 0 Å². The highest BCUT2D eigenvalue weighted by atomic mass is 14.3. The lowest BCUT2D eigenvalue weighted by molar-refractivity contribution is 0.428. The van der Waals surface area contributed by atoms with E-state index in [0.29, 0.717) is 0 Å². The summed E-state index contributed by atoms with van der Waals surface area (Å²) in [6.45, 7) is 4.78. The van der Waals surface area contributed by atoms with Crippen molar-refractivity contribution in [1.82, 2.24) is 0 Å². The number of allylic oxidation sites excluding steroid dienone is 3. The van der Waals surface area contributed by atoms with Crippen molar-refractivity contribution in [1.29, 1.82) is 0 Å². The van der Waals surface area contributed by atoms with Crippen molar-refractivity contribution < 1.29 is 0 Å². The number of hydrogen-bond donors (Lipinski definition) is 0. The average molecular weight is 236 g/mol. The molecule has 1 heterocycles. The Bertz CT molecular complexity index is 446. The van der Waals surface area contributed by atoms with E-state index in [1.165, 1.54) is 37.4 Å². The van der Waals surface area contributed by atoms with Crippen molar-refractivity contribution in [2.75, 3.05) is 0 Å². The second kappa shape index (κ2) is 5.18. The first-order valence-electron chi connectivity index (χ1n) is 7.22. The first-order chi connectivity index (χ1) is 8.85. The third kappa shape index (κ3) is 2.45. The van der Waals surface area contributed by atoms with Gasteiger partial charge in [0.25, 0.3) is 0 Å². The molecule has 0 radical (unpaired) electrons. The van der Waals surface area contributed by atoms with Crippen LogP contribution in [-0.4, -0.2) is 6.71 Å². The van der Waals surface area contributed by atoms with Crippen molar-refractivity contribution in [3.8, 4) is 0 Å². The van der Waals surface area contributed by atoms with Crippen LogP contribution < -0.4 is 0 Å². The summed E-state index contributed by atoms with van der Waals surface area (Å²) in [5, 5.41) is 0. The van der Waals surface area contributed by atoms with Gasteiger partial charge in [-0.05, 0) is 35.8 Å². The lowest BCUT2D eigenvalue weighted by atomic mass is 9.35. The van der Waals surface area contributed by atoms with Crippen LogP contribution >= 0.6 is 0 Å². The van der Waals surface area contributed by atoms with Crippen molar-refractivity contribution in [3.63, 3.8) is 0 Å². The highest BCUT2D eigenvalue weighted by molar-refractivity contribution is 6.59. The molecule has 1 aromatic carbocycles. The average Bonchev–Trinajstić information content (AvgIpc) is 2.39. The minimum absolute atomic E-state index is 0.817. The maximum absolute atomic E-state index is 3.90. The van der Waals surface area contributed by atoms with Gasteiger partial charge < -0.3 is 0 Å². The second-order valence-corrected chi connectivity index (χ2v) is 5.99. The predicted octanol–water partition coefficient (Wildman–Crippen LogP) is 4.79. The molecule has 92 valence electrons. The smallest absolute Gasteiger partial charge is 0.104 e. The van der Waals surface area contributed by atoms with Crippen LogP contribution in [-0.2, 0) is 0 Å². The molecule has 0 amide bonds. The zero-order valence-electron chi connectivity index (χ0n) is 11.0. The van der Waals surface area contributed by atoms with Gasteiger partial charge in [-0.2, -0.15) is 0 Å². The van der Waals surface area contributed by atoms with E-state index in [0.717, 1.165) is 18.5 Å². The molecule has 2 aliphatic rings. The van der Waals surface area contributed by atoms with Gasteiger partial charge in [-0.25, -0.2) is 0 Å². The van der Waals surface area contributed by atoms with Gasteiger partial charge in [0, 0.05) is 0 Å². The molecule has 1 aliphatic carbocycles. The second-order valence-electron chi connectivity index (χ2n) is 5.99. The van der Waals surface area contributed by atoms with Crippen LogP contribution in [0.1, 0.15) is 18.4 Å². The first-order valence-corrected chi connectivity index (χ1v) is 7.22. The Kier molecular flexibility index (Phi) is 3.40. The van der Waals surface area contributed by atoms with E-state index >= 15 is 0 Å². The van der Waals surface area contributed by atoms with E-state index in [1.54, 1.807) is 5.57 Å². The van der Waals surface area contributed by atoms with E-state index < -0.39 is 0 Å². The molecule has 2 bridgehead atoms. The molecule has 0 saturated carbocycles. The van der Waals surface area contributed by atoms with Crippen molar-refractivity contribution >= 4 is 12.3 Å². The quantitative estimate of drug-likeness (QED) is 0.522. The number of fused-ring (bicyclic) bond motifs is 2. The molecule has 1 fully saturated rings. The fourth-order valence-corrected chi connectivity index (χ4v) is 3.88. The van der Waals surface area contributed by atoms with Gasteiger partial charge in [-0.15, -0.1) is 6.58 Å². The van der Waals surface area contributed by atoms with Crippen molar-refractivity contribution in [2.24, 2.45) is 11.8 Å². The van der Waals surface area contributed by atoms with Gasteiger partial charge in [-0.1, -0.05) is 61.4 Å². The Hall–Kier alpha value is -1.24. The Morgan fingerprint density at radius 1 is 1.22 bits per heavy atom. The highest BCUT2D eigenvalue weighted by Gasteiger charge is 2.33. The minimum atomic E-state index is 0.817. The Balaban J connectivity index is 1.79. The van der Waals surface area contributed by atoms with Gasteiger partial charge in [-0.3, -0.25) is 0 Å². The maximum Gasteiger partial charge on any atom is 0.144 e. The molecule has 2 unspecified atom stereocenters. The molecular weight excluding hydrogens is 215 g/mol. The summed E-state index contributed by atoms with van der Waals surface area (Å²) in [5.41, 5.74) is 3.03. The molecule has 1 saturated heterocycles. The van der Waals surface area contributed by atoms with Gasteiger partial charge in [0.05, 0.1) is 0 Å². The van der Waals surface area contributed by atoms with E-state index in [4.69, 9.17) is 0 Å². The molecule has 0 spiro atoms. The van der Waals surface area contributed by atoms with Crippen LogP contribution in [0.15, 0.2) is 49.1 Å². The van der Waals surface area contributed by atoms with Crippen LogP contribution in [0.2, 0.25) is 19.0 Å². The van der Waals surface area contributed by atoms with E-state index in [1.807, 2.05) is 0 Å². The SMILES string of the molecule is C=CCB1CC2C=C(c3ccccc3)CC(C1)C2. The summed E-state index contributed by atoms with van der Waals surface area (Å²) < 4.78 is 0. The third-order valence-corrected chi connectivity index (χ3v) is 4.53. The monoisotopic (exact) mass is 236 g/mol. The Morgan fingerprint density at radius 3 is 2.78 bits per heavy atom. The van der Waals surface area contributed by atoms with Crippen LogP contribution in [0, 0.1) is 11.8 Å². The van der Waals surface area contributed by atoms with Crippen molar-refractivity contribution in [2.45, 2.75) is 31.8 Å². The van der Waals surface area contributed by atoms with E-state index in [2.05, 4.69) is 49.1 Å². The molecular formula is C17H21B. The lowest BCUT2D eigenvalue weighted by Gasteiger charge is -2.37. The normalized spacial score (nSPS) is 26.7. The number of rotatable bonds is 3. The maximum atomic E-state index is 3.90. The lowest BCUT2D eigenvalue weighted by Crippen LogP contribution is -2.30. The molecule has 1 aliphatic heterocycles. The standard InChI is InChI=1S/C17H21B/c1-2-8-18-12-14-9-15(13-18)11-17(10-14)16-6-4-3-5-7-16/h2-7,10,14-15H,1,8-9,11-13H2. The van der Waals surface area contributed by atoms with Crippen LogP contribution in [0.4, 0.5) is 0 Å². The fraction of sp³-hybridized carbons (Fsp3) is 0.412.